The normalized spacial score (nSPS) is 16.8. The largest absolute Gasteiger partial charge is 0.301 e. The van der Waals surface area contributed by atoms with Gasteiger partial charge in [-0.1, -0.05) is 31.2 Å². The molecule has 0 N–H and O–H groups in total. The highest BCUT2D eigenvalue weighted by molar-refractivity contribution is 7.90. The van der Waals surface area contributed by atoms with Crippen molar-refractivity contribution in [3.63, 3.8) is 0 Å². The van der Waals surface area contributed by atoms with Crippen LogP contribution in [0.25, 0.3) is 10.9 Å². The zero-order chi connectivity index (χ0) is 18.9. The molecule has 1 fully saturated rings. The first-order valence-corrected chi connectivity index (χ1v) is 10.9. The molecule has 0 radical (unpaired) electrons. The lowest BCUT2D eigenvalue weighted by atomic mass is 10.1. The number of likely N-dealkylation sites (N-methyl/N-ethyl adjacent to an activating group) is 1. The van der Waals surface area contributed by atoms with Crippen LogP contribution >= 0.6 is 0 Å². The van der Waals surface area contributed by atoms with Crippen LogP contribution in [0.15, 0.2) is 65.7 Å². The molecule has 1 aliphatic rings. The lowest BCUT2D eigenvalue weighted by Gasteiger charge is -2.34. The van der Waals surface area contributed by atoms with Gasteiger partial charge < -0.3 is 4.90 Å². The fourth-order valence-corrected chi connectivity index (χ4v) is 5.08. The van der Waals surface area contributed by atoms with Gasteiger partial charge in [0.1, 0.15) is 0 Å². The van der Waals surface area contributed by atoms with Gasteiger partial charge in [0.15, 0.2) is 0 Å². The number of hydrogen-bond donors (Lipinski definition) is 0. The molecule has 1 aromatic heterocycles. The molecule has 5 nitrogen and oxygen atoms in total. The molecule has 2 aromatic carbocycles. The average molecular weight is 384 g/mol. The molecular formula is C21H25N3O2S. The summed E-state index contributed by atoms with van der Waals surface area (Å²) in [5.41, 5.74) is 1.95. The van der Waals surface area contributed by atoms with E-state index >= 15 is 0 Å². The SMILES string of the molecule is CCN1CCN(Cc2ccc3c(ccn3S(=O)(=O)c3ccccc3)c2)CC1. The van der Waals surface area contributed by atoms with Gasteiger partial charge in [0, 0.05) is 44.3 Å². The van der Waals surface area contributed by atoms with Gasteiger partial charge >= 0.3 is 0 Å². The highest BCUT2D eigenvalue weighted by atomic mass is 32.2. The second-order valence-electron chi connectivity index (χ2n) is 7.03. The molecule has 0 bridgehead atoms. The summed E-state index contributed by atoms with van der Waals surface area (Å²) >= 11 is 0. The Morgan fingerprint density at radius 1 is 0.889 bits per heavy atom. The van der Waals surface area contributed by atoms with E-state index < -0.39 is 10.0 Å². The van der Waals surface area contributed by atoms with Gasteiger partial charge in [-0.25, -0.2) is 12.4 Å². The zero-order valence-electron chi connectivity index (χ0n) is 15.6. The Hall–Kier alpha value is -2.15. The maximum atomic E-state index is 12.9. The van der Waals surface area contributed by atoms with Crippen LogP contribution in [-0.2, 0) is 16.6 Å². The van der Waals surface area contributed by atoms with E-state index in [1.54, 1.807) is 30.5 Å². The summed E-state index contributed by atoms with van der Waals surface area (Å²) in [6, 6.07) is 16.5. The summed E-state index contributed by atoms with van der Waals surface area (Å²) in [6.07, 6.45) is 1.65. The molecular weight excluding hydrogens is 358 g/mol. The summed E-state index contributed by atoms with van der Waals surface area (Å²) in [5, 5.41) is 0.958. The Bertz CT molecular complexity index is 1020. The number of benzene rings is 2. The monoisotopic (exact) mass is 383 g/mol. The molecule has 1 aliphatic heterocycles. The topological polar surface area (TPSA) is 45.5 Å². The zero-order valence-corrected chi connectivity index (χ0v) is 16.4. The third-order valence-electron chi connectivity index (χ3n) is 5.34. The molecule has 0 atom stereocenters. The Kier molecular flexibility index (Phi) is 5.04. The van der Waals surface area contributed by atoms with E-state index in [0.717, 1.165) is 50.2 Å². The van der Waals surface area contributed by atoms with Crippen molar-refractivity contribution in [1.29, 1.82) is 0 Å². The lowest BCUT2D eigenvalue weighted by molar-refractivity contribution is 0.132. The summed E-state index contributed by atoms with van der Waals surface area (Å²) in [4.78, 5) is 5.24. The maximum absolute atomic E-state index is 12.9. The summed E-state index contributed by atoms with van der Waals surface area (Å²) in [5.74, 6) is 0. The van der Waals surface area contributed by atoms with Crippen LogP contribution in [0.3, 0.4) is 0 Å². The smallest absolute Gasteiger partial charge is 0.268 e. The van der Waals surface area contributed by atoms with Crippen molar-refractivity contribution < 1.29 is 8.42 Å². The number of aromatic nitrogens is 1. The third-order valence-corrected chi connectivity index (χ3v) is 7.04. The van der Waals surface area contributed by atoms with Gasteiger partial charge in [-0.15, -0.1) is 0 Å². The highest BCUT2D eigenvalue weighted by Gasteiger charge is 2.19. The molecule has 0 aliphatic carbocycles. The molecule has 142 valence electrons. The number of fused-ring (bicyclic) bond motifs is 1. The van der Waals surface area contributed by atoms with Crippen molar-refractivity contribution in [2.75, 3.05) is 32.7 Å². The highest BCUT2D eigenvalue weighted by Crippen LogP contribution is 2.24. The first-order chi connectivity index (χ1) is 13.1. The molecule has 1 saturated heterocycles. The van der Waals surface area contributed by atoms with E-state index in [2.05, 4.69) is 22.8 Å². The van der Waals surface area contributed by atoms with Gasteiger partial charge in [0.25, 0.3) is 10.0 Å². The first-order valence-electron chi connectivity index (χ1n) is 9.43. The Morgan fingerprint density at radius 3 is 2.30 bits per heavy atom. The maximum Gasteiger partial charge on any atom is 0.268 e. The van der Waals surface area contributed by atoms with Crippen LogP contribution in [0.5, 0.6) is 0 Å². The van der Waals surface area contributed by atoms with Gasteiger partial charge in [0.05, 0.1) is 10.4 Å². The summed E-state index contributed by atoms with van der Waals surface area (Å²) in [7, 11) is -3.57. The van der Waals surface area contributed by atoms with Crippen LogP contribution in [0.1, 0.15) is 12.5 Å². The van der Waals surface area contributed by atoms with Gasteiger partial charge in [-0.3, -0.25) is 4.90 Å². The fourth-order valence-electron chi connectivity index (χ4n) is 3.70. The predicted molar refractivity (Wildman–Crippen MR) is 108 cm³/mol. The van der Waals surface area contributed by atoms with E-state index in [1.807, 2.05) is 24.3 Å². The first kappa shape index (κ1) is 18.2. The number of rotatable bonds is 5. The van der Waals surface area contributed by atoms with Crippen molar-refractivity contribution in [2.24, 2.45) is 0 Å². The molecule has 6 heteroatoms. The molecule has 27 heavy (non-hydrogen) atoms. The minimum Gasteiger partial charge on any atom is -0.301 e. The summed E-state index contributed by atoms with van der Waals surface area (Å²) in [6.45, 7) is 8.62. The van der Waals surface area contributed by atoms with E-state index in [0.29, 0.717) is 4.90 Å². The van der Waals surface area contributed by atoms with Crippen molar-refractivity contribution in [2.45, 2.75) is 18.4 Å². The van der Waals surface area contributed by atoms with Gasteiger partial charge in [0.2, 0.25) is 0 Å². The number of piperazine rings is 1. The van der Waals surface area contributed by atoms with E-state index in [-0.39, 0.29) is 0 Å². The Morgan fingerprint density at radius 2 is 1.59 bits per heavy atom. The van der Waals surface area contributed by atoms with Crippen LogP contribution in [0, 0.1) is 0 Å². The molecule has 0 saturated carbocycles. The molecule has 0 unspecified atom stereocenters. The Labute approximate surface area is 160 Å². The van der Waals surface area contributed by atoms with Crippen LogP contribution in [0.2, 0.25) is 0 Å². The van der Waals surface area contributed by atoms with Crippen molar-refractivity contribution >= 4 is 20.9 Å². The fraction of sp³-hybridized carbons (Fsp3) is 0.333. The van der Waals surface area contributed by atoms with E-state index in [4.69, 9.17) is 0 Å². The molecule has 3 aromatic rings. The van der Waals surface area contributed by atoms with Crippen molar-refractivity contribution in [3.05, 3.63) is 66.4 Å². The molecule has 0 spiro atoms. The second-order valence-corrected chi connectivity index (χ2v) is 8.85. The minimum absolute atomic E-state index is 0.306. The van der Waals surface area contributed by atoms with E-state index in [1.165, 1.54) is 9.54 Å². The number of hydrogen-bond acceptors (Lipinski definition) is 4. The summed E-state index contributed by atoms with van der Waals surface area (Å²) < 4.78 is 27.2. The Balaban J connectivity index is 1.57. The molecule has 0 amide bonds. The van der Waals surface area contributed by atoms with Gasteiger partial charge in [-0.2, -0.15) is 0 Å². The van der Waals surface area contributed by atoms with Crippen molar-refractivity contribution in [1.82, 2.24) is 13.8 Å². The minimum atomic E-state index is -3.57. The van der Waals surface area contributed by atoms with E-state index in [9.17, 15) is 8.42 Å². The number of nitrogens with zero attached hydrogens (tertiary/aromatic N) is 3. The molecule has 2 heterocycles. The van der Waals surface area contributed by atoms with Crippen LogP contribution in [-0.4, -0.2) is 54.9 Å². The quantitative estimate of drug-likeness (QED) is 0.679. The lowest BCUT2D eigenvalue weighted by Crippen LogP contribution is -2.45. The molecule has 4 rings (SSSR count). The van der Waals surface area contributed by atoms with Gasteiger partial charge in [-0.05, 0) is 42.4 Å². The standard InChI is InChI=1S/C21H25N3O2S/c1-2-22-12-14-23(15-13-22)17-18-8-9-21-19(16-18)10-11-24(21)27(25,26)20-6-4-3-5-7-20/h3-11,16H,2,12-15,17H2,1H3. The predicted octanol–water partition coefficient (Wildman–Crippen LogP) is 3.02. The van der Waals surface area contributed by atoms with Crippen molar-refractivity contribution in [3.8, 4) is 0 Å². The third kappa shape index (κ3) is 3.65. The van der Waals surface area contributed by atoms with Crippen LogP contribution in [0.4, 0.5) is 0 Å². The average Bonchev–Trinajstić information content (AvgIpc) is 3.13. The second kappa shape index (κ2) is 7.46. The van der Waals surface area contributed by atoms with Crippen LogP contribution < -0.4 is 0 Å².